The van der Waals surface area contributed by atoms with Gasteiger partial charge in [0.05, 0.1) is 36.7 Å². The number of hydrogen-bond acceptors (Lipinski definition) is 5. The molecule has 0 amide bonds. The second-order valence-corrected chi connectivity index (χ2v) is 7.19. The monoisotopic (exact) mass is 295 g/mol. The van der Waals surface area contributed by atoms with Gasteiger partial charge in [-0.3, -0.25) is 0 Å². The molecular weight excluding hydrogens is 278 g/mol. The molecule has 1 fully saturated rings. The minimum absolute atomic E-state index is 0.0531. The van der Waals surface area contributed by atoms with Crippen LogP contribution in [0.4, 0.5) is 0 Å². The molecule has 1 unspecified atom stereocenters. The molecule has 1 heterocycles. The van der Waals surface area contributed by atoms with Gasteiger partial charge in [0, 0.05) is 6.42 Å². The van der Waals surface area contributed by atoms with E-state index in [9.17, 15) is 13.7 Å². The Balaban J connectivity index is 1.90. The van der Waals surface area contributed by atoms with Gasteiger partial charge in [-0.2, -0.15) is 5.26 Å². The lowest BCUT2D eigenvalue weighted by Crippen LogP contribution is -2.23. The number of nitrogens with zero attached hydrogens (tertiary/aromatic N) is 1. The van der Waals surface area contributed by atoms with Crippen molar-refractivity contribution in [2.24, 2.45) is 5.41 Å². The first-order chi connectivity index (χ1) is 9.49. The van der Waals surface area contributed by atoms with Crippen LogP contribution in [0.2, 0.25) is 0 Å². The third-order valence-electron chi connectivity index (χ3n) is 3.53. The lowest BCUT2D eigenvalue weighted by atomic mass is 9.86. The fraction of sp³-hybridized carbons (Fsp3) is 0.500. The number of ether oxygens (including phenoxy) is 2. The summed E-state index contributed by atoms with van der Waals surface area (Å²) in [7, 11) is -1.47. The van der Waals surface area contributed by atoms with E-state index in [1.807, 2.05) is 0 Å². The highest BCUT2D eigenvalue weighted by Crippen LogP contribution is 2.35. The van der Waals surface area contributed by atoms with Crippen LogP contribution in [0.3, 0.4) is 0 Å². The van der Waals surface area contributed by atoms with Gasteiger partial charge in [0.1, 0.15) is 11.5 Å². The average Bonchev–Trinajstić information content (AvgIpc) is 2.76. The third kappa shape index (κ3) is 3.42. The Morgan fingerprint density at radius 3 is 2.45 bits per heavy atom. The van der Waals surface area contributed by atoms with Crippen LogP contribution in [0, 0.1) is 16.7 Å². The van der Waals surface area contributed by atoms with Gasteiger partial charge < -0.3 is 9.47 Å². The molecular formula is C14H17NO4S. The van der Waals surface area contributed by atoms with Crippen LogP contribution >= 0.6 is 0 Å². The van der Waals surface area contributed by atoms with E-state index in [1.165, 1.54) is 0 Å². The van der Waals surface area contributed by atoms with Crippen LogP contribution in [0.5, 0.6) is 11.5 Å². The van der Waals surface area contributed by atoms with Gasteiger partial charge in [-0.1, -0.05) is 0 Å². The number of nitriles is 1. The second-order valence-electron chi connectivity index (χ2n) is 5.01. The van der Waals surface area contributed by atoms with Crippen LogP contribution in [0.1, 0.15) is 12.8 Å². The first-order valence-electron chi connectivity index (χ1n) is 6.37. The molecule has 1 aliphatic heterocycles. The molecule has 108 valence electrons. The zero-order chi connectivity index (χ0) is 14.6. The Kier molecular flexibility index (Phi) is 4.19. The number of sulfone groups is 1. The van der Waals surface area contributed by atoms with Gasteiger partial charge in [0.2, 0.25) is 0 Å². The molecule has 0 spiro atoms. The maximum Gasteiger partial charge on any atom is 0.151 e. The van der Waals surface area contributed by atoms with Crippen LogP contribution < -0.4 is 9.47 Å². The molecule has 20 heavy (non-hydrogen) atoms. The predicted molar refractivity (Wildman–Crippen MR) is 74.4 cm³/mol. The van der Waals surface area contributed by atoms with Gasteiger partial charge in [-0.25, -0.2) is 8.42 Å². The van der Waals surface area contributed by atoms with Crippen molar-refractivity contribution in [1.29, 1.82) is 5.26 Å². The van der Waals surface area contributed by atoms with E-state index in [-0.39, 0.29) is 11.5 Å². The summed E-state index contributed by atoms with van der Waals surface area (Å²) in [5, 5.41) is 9.23. The highest BCUT2D eigenvalue weighted by Gasteiger charge is 2.42. The number of methoxy groups -OCH3 is 1. The minimum atomic E-state index is -3.06. The van der Waals surface area contributed by atoms with Gasteiger partial charge in [0.25, 0.3) is 0 Å². The molecule has 1 atom stereocenters. The minimum Gasteiger partial charge on any atom is -0.497 e. The predicted octanol–water partition coefficient (Wildman–Crippen LogP) is 1.79. The molecule has 2 rings (SSSR count). The molecule has 6 heteroatoms. The molecule has 0 aromatic heterocycles. The van der Waals surface area contributed by atoms with Crippen molar-refractivity contribution in [3.8, 4) is 17.6 Å². The SMILES string of the molecule is COc1ccc(OCCC2(C#N)CCS(=O)(=O)C2)cc1. The molecule has 1 aromatic rings. The van der Waals surface area contributed by atoms with Gasteiger partial charge in [0.15, 0.2) is 9.84 Å². The lowest BCUT2D eigenvalue weighted by Gasteiger charge is -2.18. The molecule has 0 N–H and O–H groups in total. The van der Waals surface area contributed by atoms with Crippen LogP contribution in [-0.4, -0.2) is 33.6 Å². The van der Waals surface area contributed by atoms with Crippen molar-refractivity contribution in [1.82, 2.24) is 0 Å². The van der Waals surface area contributed by atoms with Crippen LogP contribution in [-0.2, 0) is 9.84 Å². The van der Waals surface area contributed by atoms with Gasteiger partial charge >= 0.3 is 0 Å². The van der Waals surface area contributed by atoms with Crippen LogP contribution in [0.15, 0.2) is 24.3 Å². The van der Waals surface area contributed by atoms with Crippen molar-refractivity contribution in [3.63, 3.8) is 0 Å². The molecule has 1 saturated heterocycles. The first kappa shape index (κ1) is 14.7. The molecule has 5 nitrogen and oxygen atoms in total. The Morgan fingerprint density at radius 2 is 1.95 bits per heavy atom. The topological polar surface area (TPSA) is 76.4 Å². The maximum absolute atomic E-state index is 11.5. The van der Waals surface area contributed by atoms with E-state index in [2.05, 4.69) is 6.07 Å². The zero-order valence-corrected chi connectivity index (χ0v) is 12.1. The summed E-state index contributed by atoms with van der Waals surface area (Å²) < 4.78 is 33.6. The van der Waals surface area contributed by atoms with Crippen LogP contribution in [0.25, 0.3) is 0 Å². The highest BCUT2D eigenvalue weighted by molar-refractivity contribution is 7.91. The van der Waals surface area contributed by atoms with Crippen molar-refractivity contribution < 1.29 is 17.9 Å². The summed E-state index contributed by atoms with van der Waals surface area (Å²) in [5.41, 5.74) is -0.786. The maximum atomic E-state index is 11.5. The normalized spacial score (nSPS) is 24.0. The van der Waals surface area contributed by atoms with E-state index in [0.717, 1.165) is 5.75 Å². The largest absolute Gasteiger partial charge is 0.497 e. The quantitative estimate of drug-likeness (QED) is 0.827. The van der Waals surface area contributed by atoms with E-state index in [4.69, 9.17) is 9.47 Å². The fourth-order valence-corrected chi connectivity index (χ4v) is 4.33. The number of hydrogen-bond donors (Lipinski definition) is 0. The molecule has 0 aliphatic carbocycles. The summed E-state index contributed by atoms with van der Waals surface area (Å²) in [4.78, 5) is 0. The molecule has 0 bridgehead atoms. The lowest BCUT2D eigenvalue weighted by molar-refractivity contribution is 0.256. The standard InChI is InChI=1S/C14H17NO4S/c1-18-12-2-4-13(5-3-12)19-8-6-14(10-15)7-9-20(16,17)11-14/h2-5H,6-9,11H2,1H3. The van der Waals surface area contributed by atoms with Crippen molar-refractivity contribution in [2.75, 3.05) is 25.2 Å². The highest BCUT2D eigenvalue weighted by atomic mass is 32.2. The van der Waals surface area contributed by atoms with Crippen molar-refractivity contribution >= 4 is 9.84 Å². The first-order valence-corrected chi connectivity index (χ1v) is 8.19. The third-order valence-corrected chi connectivity index (χ3v) is 5.35. The molecule has 1 aromatic carbocycles. The Bertz CT molecular complexity index is 603. The summed E-state index contributed by atoms with van der Waals surface area (Å²) in [6, 6.07) is 9.29. The molecule has 0 radical (unpaired) electrons. The summed E-state index contributed by atoms with van der Waals surface area (Å²) in [5.74, 6) is 1.47. The molecule has 1 aliphatic rings. The van der Waals surface area contributed by atoms with E-state index >= 15 is 0 Å². The van der Waals surface area contributed by atoms with E-state index in [0.29, 0.717) is 25.2 Å². The summed E-state index contributed by atoms with van der Waals surface area (Å²) in [6.07, 6.45) is 0.826. The van der Waals surface area contributed by atoms with E-state index < -0.39 is 15.3 Å². The Morgan fingerprint density at radius 1 is 1.30 bits per heavy atom. The van der Waals surface area contributed by atoms with Gasteiger partial charge in [-0.05, 0) is 30.7 Å². The smallest absolute Gasteiger partial charge is 0.151 e. The van der Waals surface area contributed by atoms with Gasteiger partial charge in [-0.15, -0.1) is 0 Å². The summed E-state index contributed by atoms with van der Waals surface area (Å²) in [6.45, 7) is 0.329. The zero-order valence-electron chi connectivity index (χ0n) is 11.3. The molecule has 0 saturated carbocycles. The number of benzene rings is 1. The van der Waals surface area contributed by atoms with Crippen molar-refractivity contribution in [3.05, 3.63) is 24.3 Å². The average molecular weight is 295 g/mol. The van der Waals surface area contributed by atoms with E-state index in [1.54, 1.807) is 31.4 Å². The fourth-order valence-electron chi connectivity index (χ4n) is 2.29. The second kappa shape index (κ2) is 5.71. The summed E-state index contributed by atoms with van der Waals surface area (Å²) >= 11 is 0. The number of rotatable bonds is 5. The Labute approximate surface area is 119 Å². The Hall–Kier alpha value is -1.74. The van der Waals surface area contributed by atoms with Crippen molar-refractivity contribution in [2.45, 2.75) is 12.8 Å².